The number of imide groups is 1. The van der Waals surface area contributed by atoms with E-state index < -0.39 is 23.9 Å². The van der Waals surface area contributed by atoms with Gasteiger partial charge in [0.1, 0.15) is 0 Å². The lowest BCUT2D eigenvalue weighted by atomic mass is 10.1. The van der Waals surface area contributed by atoms with Crippen LogP contribution in [0, 0.1) is 0 Å². The second kappa shape index (κ2) is 8.12. The van der Waals surface area contributed by atoms with Crippen molar-refractivity contribution in [3.05, 3.63) is 34.9 Å². The highest BCUT2D eigenvalue weighted by Crippen LogP contribution is 2.19. The summed E-state index contributed by atoms with van der Waals surface area (Å²) in [6.45, 7) is 2.88. The number of urea groups is 1. The van der Waals surface area contributed by atoms with Crippen molar-refractivity contribution in [3.8, 4) is 0 Å². The minimum atomic E-state index is -0.823. The molecule has 1 aromatic rings. The van der Waals surface area contributed by atoms with E-state index in [4.69, 9.17) is 11.6 Å². The van der Waals surface area contributed by atoms with Gasteiger partial charge < -0.3 is 15.3 Å². The van der Waals surface area contributed by atoms with Gasteiger partial charge in [-0.2, -0.15) is 0 Å². The number of rotatable bonds is 5. The Labute approximate surface area is 145 Å². The van der Waals surface area contributed by atoms with E-state index in [0.29, 0.717) is 23.7 Å². The number of aliphatic hydroxyl groups excluding tert-OH is 1. The molecule has 0 unspecified atom stereocenters. The maximum absolute atomic E-state index is 12.0. The van der Waals surface area contributed by atoms with Crippen LogP contribution in [-0.4, -0.2) is 58.9 Å². The van der Waals surface area contributed by atoms with Crippen LogP contribution < -0.4 is 5.32 Å². The molecule has 1 saturated heterocycles. The maximum Gasteiger partial charge on any atom is 0.324 e. The van der Waals surface area contributed by atoms with E-state index in [1.54, 1.807) is 31.2 Å². The molecule has 1 heterocycles. The quantitative estimate of drug-likeness (QED) is 0.777. The molecular formula is C16H20ClN3O4. The number of hydrogen-bond acceptors (Lipinski definition) is 4. The first kappa shape index (κ1) is 18.2. The third kappa shape index (κ3) is 4.24. The molecule has 0 aromatic heterocycles. The summed E-state index contributed by atoms with van der Waals surface area (Å²) < 4.78 is 0. The Balaban J connectivity index is 1.83. The molecule has 2 N–H and O–H groups in total. The van der Waals surface area contributed by atoms with Crippen LogP contribution in [0.5, 0.6) is 0 Å². The van der Waals surface area contributed by atoms with Gasteiger partial charge in [0.2, 0.25) is 0 Å². The van der Waals surface area contributed by atoms with Gasteiger partial charge in [-0.3, -0.25) is 14.5 Å². The van der Waals surface area contributed by atoms with Gasteiger partial charge in [0, 0.05) is 31.2 Å². The van der Waals surface area contributed by atoms with Crippen LogP contribution in [-0.2, 0) is 9.59 Å². The number of nitrogens with zero attached hydrogens (tertiary/aromatic N) is 2. The van der Waals surface area contributed by atoms with Crippen molar-refractivity contribution in [3.63, 3.8) is 0 Å². The molecule has 1 fully saturated rings. The molecule has 0 aliphatic carbocycles. The van der Waals surface area contributed by atoms with Crippen molar-refractivity contribution in [1.29, 1.82) is 0 Å². The molecule has 24 heavy (non-hydrogen) atoms. The minimum absolute atomic E-state index is 0.168. The van der Waals surface area contributed by atoms with Crippen molar-refractivity contribution in [2.24, 2.45) is 0 Å². The number of benzene rings is 1. The summed E-state index contributed by atoms with van der Waals surface area (Å²) in [7, 11) is 0. The van der Waals surface area contributed by atoms with Crippen LogP contribution in [0.1, 0.15) is 25.0 Å². The Morgan fingerprint density at radius 3 is 2.75 bits per heavy atom. The van der Waals surface area contributed by atoms with Gasteiger partial charge >= 0.3 is 17.8 Å². The first-order chi connectivity index (χ1) is 11.4. The largest absolute Gasteiger partial charge is 0.388 e. The van der Waals surface area contributed by atoms with E-state index in [1.165, 1.54) is 4.90 Å². The van der Waals surface area contributed by atoms with Crippen LogP contribution in [0.3, 0.4) is 0 Å². The lowest BCUT2D eigenvalue weighted by molar-refractivity contribution is -0.153. The molecule has 2 rings (SSSR count). The highest BCUT2D eigenvalue weighted by atomic mass is 35.5. The highest BCUT2D eigenvalue weighted by molar-refractivity contribution is 6.38. The molecular weight excluding hydrogens is 334 g/mol. The van der Waals surface area contributed by atoms with Crippen molar-refractivity contribution in [1.82, 2.24) is 15.1 Å². The Bertz CT molecular complexity index is 638. The molecule has 1 atom stereocenters. The van der Waals surface area contributed by atoms with E-state index in [0.717, 1.165) is 4.90 Å². The zero-order chi connectivity index (χ0) is 17.7. The van der Waals surface area contributed by atoms with Gasteiger partial charge in [0.05, 0.1) is 6.10 Å². The fraction of sp³-hybridized carbons (Fsp3) is 0.438. The van der Waals surface area contributed by atoms with E-state index in [1.807, 2.05) is 0 Å². The van der Waals surface area contributed by atoms with Gasteiger partial charge in [0.25, 0.3) is 0 Å². The zero-order valence-corrected chi connectivity index (χ0v) is 14.1. The topological polar surface area (TPSA) is 89.9 Å². The summed E-state index contributed by atoms with van der Waals surface area (Å²) in [5.41, 5.74) is 0.652. The third-order valence-corrected chi connectivity index (χ3v) is 4.10. The third-order valence-electron chi connectivity index (χ3n) is 3.86. The molecule has 0 spiro atoms. The number of piperazine rings is 1. The molecule has 7 nitrogen and oxygen atoms in total. The minimum Gasteiger partial charge on any atom is -0.388 e. The van der Waals surface area contributed by atoms with Crippen LogP contribution in [0.25, 0.3) is 0 Å². The molecule has 8 heteroatoms. The Kier molecular flexibility index (Phi) is 6.16. The normalized spacial score (nSPS) is 16.3. The highest BCUT2D eigenvalue weighted by Gasteiger charge is 2.35. The van der Waals surface area contributed by atoms with E-state index >= 15 is 0 Å². The number of hydrogen-bond donors (Lipinski definition) is 2. The summed E-state index contributed by atoms with van der Waals surface area (Å²) in [6.07, 6.45) is -0.512. The summed E-state index contributed by atoms with van der Waals surface area (Å²) >= 11 is 5.87. The van der Waals surface area contributed by atoms with E-state index in [9.17, 15) is 19.5 Å². The Morgan fingerprint density at radius 2 is 2.08 bits per heavy atom. The molecule has 130 valence electrons. The summed E-state index contributed by atoms with van der Waals surface area (Å²) in [6, 6.07) is 6.21. The molecule has 1 aliphatic heterocycles. The number of carbonyl (C=O) groups is 3. The number of halogens is 1. The average Bonchev–Trinajstić information content (AvgIpc) is 2.57. The predicted octanol–water partition coefficient (Wildman–Crippen LogP) is 1.16. The summed E-state index contributed by atoms with van der Waals surface area (Å²) in [5.74, 6) is -1.49. The van der Waals surface area contributed by atoms with Gasteiger partial charge in [-0.1, -0.05) is 23.7 Å². The lowest BCUT2D eigenvalue weighted by Crippen LogP contribution is -2.58. The number of nitrogens with one attached hydrogen (secondary N) is 1. The number of amides is 4. The molecule has 0 bridgehead atoms. The zero-order valence-electron chi connectivity index (χ0n) is 13.4. The fourth-order valence-corrected chi connectivity index (χ4v) is 2.66. The van der Waals surface area contributed by atoms with Crippen molar-refractivity contribution in [2.45, 2.75) is 19.4 Å². The Hall–Kier alpha value is -2.12. The monoisotopic (exact) mass is 353 g/mol. The molecule has 0 saturated carbocycles. The summed E-state index contributed by atoms with van der Waals surface area (Å²) in [5, 5.41) is 13.2. The second-order valence-electron chi connectivity index (χ2n) is 5.43. The van der Waals surface area contributed by atoms with E-state index in [2.05, 4.69) is 5.32 Å². The van der Waals surface area contributed by atoms with Crippen LogP contribution >= 0.6 is 11.6 Å². The standard InChI is InChI=1S/C16H20ClN3O4/c1-2-19-8-9-20(15(23)14(19)22)16(24)18-7-6-13(21)11-4-3-5-12(17)10-11/h3-5,10,13,21H,2,6-9H2,1H3,(H,18,24)/t13-/m1/s1. The van der Waals surface area contributed by atoms with E-state index in [-0.39, 0.29) is 19.5 Å². The van der Waals surface area contributed by atoms with Crippen LogP contribution in [0.4, 0.5) is 4.79 Å². The first-order valence-corrected chi connectivity index (χ1v) is 8.14. The molecule has 4 amide bonds. The molecule has 1 aromatic carbocycles. The molecule has 1 aliphatic rings. The SMILES string of the molecule is CCN1CCN(C(=O)NCC[C@@H](O)c2cccc(Cl)c2)C(=O)C1=O. The number of aliphatic hydroxyl groups is 1. The first-order valence-electron chi connectivity index (χ1n) is 7.76. The smallest absolute Gasteiger partial charge is 0.324 e. The van der Waals surface area contributed by atoms with Crippen LogP contribution in [0.2, 0.25) is 5.02 Å². The van der Waals surface area contributed by atoms with Crippen LogP contribution in [0.15, 0.2) is 24.3 Å². The second-order valence-corrected chi connectivity index (χ2v) is 5.87. The predicted molar refractivity (Wildman–Crippen MR) is 88.4 cm³/mol. The van der Waals surface area contributed by atoms with Gasteiger partial charge in [-0.25, -0.2) is 4.79 Å². The Morgan fingerprint density at radius 1 is 1.33 bits per heavy atom. The van der Waals surface area contributed by atoms with Gasteiger partial charge in [0.15, 0.2) is 0 Å². The average molecular weight is 354 g/mol. The summed E-state index contributed by atoms with van der Waals surface area (Å²) in [4.78, 5) is 38.0. The number of likely N-dealkylation sites (N-methyl/N-ethyl adjacent to an activating group) is 1. The fourth-order valence-electron chi connectivity index (χ4n) is 2.46. The van der Waals surface area contributed by atoms with Gasteiger partial charge in [-0.15, -0.1) is 0 Å². The lowest BCUT2D eigenvalue weighted by Gasteiger charge is -2.31. The number of carbonyl (C=O) groups excluding carboxylic acids is 3. The molecule has 0 radical (unpaired) electrons. The maximum atomic E-state index is 12.0. The van der Waals surface area contributed by atoms with Crippen molar-refractivity contribution < 1.29 is 19.5 Å². The van der Waals surface area contributed by atoms with Gasteiger partial charge in [-0.05, 0) is 31.0 Å². The van der Waals surface area contributed by atoms with Crippen molar-refractivity contribution in [2.75, 3.05) is 26.2 Å². The van der Waals surface area contributed by atoms with Crippen molar-refractivity contribution >= 4 is 29.4 Å².